The van der Waals surface area contributed by atoms with Crippen molar-refractivity contribution >= 4 is 11.1 Å². The maximum atomic E-state index is 5.62. The number of hydrogen-bond acceptors (Lipinski definition) is 1. The van der Waals surface area contributed by atoms with E-state index in [1.54, 1.807) is 0 Å². The summed E-state index contributed by atoms with van der Waals surface area (Å²) < 4.78 is 5.62. The molecule has 0 bridgehead atoms. The number of hydrogen-bond donors (Lipinski definition) is 1. The zero-order valence-corrected chi connectivity index (χ0v) is 7.64. The van der Waals surface area contributed by atoms with Gasteiger partial charge in [0.2, 0.25) is 0 Å². The minimum atomic E-state index is 0.464. The van der Waals surface area contributed by atoms with Gasteiger partial charge in [0.05, 0.1) is 5.52 Å². The van der Waals surface area contributed by atoms with E-state index in [1.165, 1.54) is 0 Å². The van der Waals surface area contributed by atoms with Crippen molar-refractivity contribution in [1.29, 1.82) is 0 Å². The van der Waals surface area contributed by atoms with E-state index in [2.05, 4.69) is 24.9 Å². The second-order valence-corrected chi connectivity index (χ2v) is 3.53. The number of nitrogens with one attached hydrogen (secondary N) is 1. The first-order chi connectivity index (χ1) is 5.66. The second kappa shape index (κ2) is 2.41. The SMILES string of the molecule is Cc1cc2oc(C(C)C)cc2[nH]1. The molecule has 2 nitrogen and oxygen atoms in total. The number of H-pyrrole nitrogens is 1. The van der Waals surface area contributed by atoms with Gasteiger partial charge in [0.1, 0.15) is 5.76 Å². The molecule has 0 atom stereocenters. The van der Waals surface area contributed by atoms with E-state index in [-0.39, 0.29) is 0 Å². The van der Waals surface area contributed by atoms with Gasteiger partial charge in [-0.15, -0.1) is 0 Å². The predicted octanol–water partition coefficient (Wildman–Crippen LogP) is 3.19. The lowest BCUT2D eigenvalue weighted by Gasteiger charge is -1.95. The summed E-state index contributed by atoms with van der Waals surface area (Å²) >= 11 is 0. The number of aromatic amines is 1. The van der Waals surface area contributed by atoms with Gasteiger partial charge in [0.15, 0.2) is 5.58 Å². The molecular weight excluding hydrogens is 150 g/mol. The molecule has 0 spiro atoms. The molecule has 0 saturated heterocycles. The van der Waals surface area contributed by atoms with E-state index in [0.29, 0.717) is 5.92 Å². The summed E-state index contributed by atoms with van der Waals surface area (Å²) in [7, 11) is 0. The maximum Gasteiger partial charge on any atom is 0.152 e. The summed E-state index contributed by atoms with van der Waals surface area (Å²) in [6.07, 6.45) is 0. The number of aryl methyl sites for hydroxylation is 1. The third kappa shape index (κ3) is 1.04. The molecule has 0 radical (unpaired) electrons. The van der Waals surface area contributed by atoms with E-state index >= 15 is 0 Å². The highest BCUT2D eigenvalue weighted by atomic mass is 16.3. The number of rotatable bonds is 1. The van der Waals surface area contributed by atoms with Crippen LogP contribution in [0.3, 0.4) is 0 Å². The van der Waals surface area contributed by atoms with E-state index < -0.39 is 0 Å². The number of furan rings is 1. The Bertz CT molecular complexity index is 363. The Morgan fingerprint density at radius 3 is 2.67 bits per heavy atom. The summed E-state index contributed by atoms with van der Waals surface area (Å²) in [4.78, 5) is 3.24. The van der Waals surface area contributed by atoms with Crippen LogP contribution in [0.1, 0.15) is 31.2 Å². The van der Waals surface area contributed by atoms with Crippen molar-refractivity contribution in [3.05, 3.63) is 23.6 Å². The lowest BCUT2D eigenvalue weighted by molar-refractivity contribution is 0.522. The van der Waals surface area contributed by atoms with Crippen LogP contribution < -0.4 is 0 Å². The highest BCUT2D eigenvalue weighted by Crippen LogP contribution is 2.24. The van der Waals surface area contributed by atoms with Crippen molar-refractivity contribution in [2.75, 3.05) is 0 Å². The molecule has 0 saturated carbocycles. The Hall–Kier alpha value is -1.18. The zero-order valence-electron chi connectivity index (χ0n) is 7.64. The minimum absolute atomic E-state index is 0.464. The first-order valence-electron chi connectivity index (χ1n) is 4.26. The average molecular weight is 163 g/mol. The van der Waals surface area contributed by atoms with Crippen molar-refractivity contribution in [2.24, 2.45) is 0 Å². The van der Waals surface area contributed by atoms with Crippen molar-refractivity contribution in [3.63, 3.8) is 0 Å². The van der Waals surface area contributed by atoms with Gasteiger partial charge in [0.25, 0.3) is 0 Å². The topological polar surface area (TPSA) is 28.9 Å². The molecule has 0 fully saturated rings. The Morgan fingerprint density at radius 2 is 2.08 bits per heavy atom. The fraction of sp³-hybridized carbons (Fsp3) is 0.400. The predicted molar refractivity (Wildman–Crippen MR) is 49.4 cm³/mol. The van der Waals surface area contributed by atoms with Crippen LogP contribution >= 0.6 is 0 Å². The van der Waals surface area contributed by atoms with Crippen LogP contribution in [0.4, 0.5) is 0 Å². The summed E-state index contributed by atoms with van der Waals surface area (Å²) in [6.45, 7) is 6.29. The third-order valence-corrected chi connectivity index (χ3v) is 2.03. The van der Waals surface area contributed by atoms with Crippen LogP contribution in [0.5, 0.6) is 0 Å². The van der Waals surface area contributed by atoms with Gasteiger partial charge in [-0.1, -0.05) is 13.8 Å². The van der Waals surface area contributed by atoms with Crippen LogP contribution in [0.25, 0.3) is 11.1 Å². The molecule has 12 heavy (non-hydrogen) atoms. The molecule has 0 aliphatic carbocycles. The molecule has 0 amide bonds. The molecule has 2 heteroatoms. The first-order valence-corrected chi connectivity index (χ1v) is 4.26. The van der Waals surface area contributed by atoms with Gasteiger partial charge in [-0.3, -0.25) is 0 Å². The zero-order chi connectivity index (χ0) is 8.72. The van der Waals surface area contributed by atoms with Gasteiger partial charge in [-0.2, -0.15) is 0 Å². The molecule has 1 N–H and O–H groups in total. The molecule has 64 valence electrons. The fourth-order valence-electron chi connectivity index (χ4n) is 1.36. The van der Waals surface area contributed by atoms with Crippen molar-refractivity contribution in [2.45, 2.75) is 26.7 Å². The van der Waals surface area contributed by atoms with E-state index in [1.807, 2.05) is 13.0 Å². The molecule has 2 aromatic rings. The van der Waals surface area contributed by atoms with Crippen molar-refractivity contribution in [1.82, 2.24) is 4.98 Å². The lowest BCUT2D eigenvalue weighted by atomic mass is 10.2. The Morgan fingerprint density at radius 1 is 1.33 bits per heavy atom. The molecule has 0 unspecified atom stereocenters. The molecule has 2 heterocycles. The van der Waals surface area contributed by atoms with Gasteiger partial charge >= 0.3 is 0 Å². The first kappa shape index (κ1) is 7.47. The summed E-state index contributed by atoms with van der Waals surface area (Å²) in [5.41, 5.74) is 3.23. The van der Waals surface area contributed by atoms with Crippen LogP contribution in [-0.2, 0) is 0 Å². The largest absolute Gasteiger partial charge is 0.459 e. The van der Waals surface area contributed by atoms with Crippen LogP contribution in [0.15, 0.2) is 16.5 Å². The molecule has 2 rings (SSSR count). The minimum Gasteiger partial charge on any atom is -0.459 e. The molecule has 2 aromatic heterocycles. The van der Waals surface area contributed by atoms with Gasteiger partial charge in [-0.25, -0.2) is 0 Å². The fourth-order valence-corrected chi connectivity index (χ4v) is 1.36. The molecular formula is C10H13NO. The maximum absolute atomic E-state index is 5.62. The van der Waals surface area contributed by atoms with Crippen molar-refractivity contribution in [3.8, 4) is 0 Å². The van der Waals surface area contributed by atoms with Gasteiger partial charge < -0.3 is 9.40 Å². The van der Waals surface area contributed by atoms with E-state index in [4.69, 9.17) is 4.42 Å². The van der Waals surface area contributed by atoms with Crippen LogP contribution in [0.2, 0.25) is 0 Å². The van der Waals surface area contributed by atoms with Gasteiger partial charge in [0, 0.05) is 23.7 Å². The summed E-state index contributed by atoms with van der Waals surface area (Å²) in [5, 5.41) is 0. The Balaban J connectivity index is 2.57. The summed E-state index contributed by atoms with van der Waals surface area (Å²) in [6, 6.07) is 4.11. The standard InChI is InChI=1S/C10H13NO/c1-6(2)9-5-8-10(12-9)4-7(3)11-8/h4-6,11H,1-3H3. The normalized spacial score (nSPS) is 11.7. The average Bonchev–Trinajstić information content (AvgIpc) is 2.42. The van der Waals surface area contributed by atoms with E-state index in [9.17, 15) is 0 Å². The Labute approximate surface area is 71.6 Å². The highest BCUT2D eigenvalue weighted by molar-refractivity contribution is 5.75. The number of aromatic nitrogens is 1. The Kier molecular flexibility index (Phi) is 1.50. The quantitative estimate of drug-likeness (QED) is 0.687. The smallest absolute Gasteiger partial charge is 0.152 e. The second-order valence-electron chi connectivity index (χ2n) is 3.53. The van der Waals surface area contributed by atoms with Crippen LogP contribution in [-0.4, -0.2) is 4.98 Å². The number of fused-ring (bicyclic) bond motifs is 1. The molecule has 0 aliphatic rings. The van der Waals surface area contributed by atoms with Gasteiger partial charge in [-0.05, 0) is 6.92 Å². The van der Waals surface area contributed by atoms with E-state index in [0.717, 1.165) is 22.6 Å². The molecule has 0 aromatic carbocycles. The molecule has 0 aliphatic heterocycles. The summed E-state index contributed by atoms with van der Waals surface area (Å²) in [5.74, 6) is 1.52. The third-order valence-electron chi connectivity index (χ3n) is 2.03. The highest BCUT2D eigenvalue weighted by Gasteiger charge is 2.08. The lowest BCUT2D eigenvalue weighted by Crippen LogP contribution is -1.80. The van der Waals surface area contributed by atoms with Crippen LogP contribution in [0, 0.1) is 6.92 Å². The van der Waals surface area contributed by atoms with Crippen molar-refractivity contribution < 1.29 is 4.42 Å². The monoisotopic (exact) mass is 163 g/mol.